The van der Waals surface area contributed by atoms with Crippen molar-refractivity contribution in [2.75, 3.05) is 18.5 Å². The molecule has 1 saturated heterocycles. The second-order valence-corrected chi connectivity index (χ2v) is 8.18. The third-order valence-electron chi connectivity index (χ3n) is 5.67. The highest BCUT2D eigenvalue weighted by molar-refractivity contribution is 5.98. The number of ether oxygens (including phenoxy) is 1. The lowest BCUT2D eigenvalue weighted by atomic mass is 10.1. The lowest BCUT2D eigenvalue weighted by molar-refractivity contribution is -0.124. The molecular formula is C25H28N4O4. The highest BCUT2D eigenvalue weighted by Crippen LogP contribution is 2.18. The fourth-order valence-electron chi connectivity index (χ4n) is 3.91. The van der Waals surface area contributed by atoms with E-state index < -0.39 is 6.10 Å². The number of carbonyl (C=O) groups is 2. The Balaban J connectivity index is 1.54. The molecule has 2 amide bonds. The number of aromatic nitrogens is 2. The maximum absolute atomic E-state index is 13.4. The van der Waals surface area contributed by atoms with Crippen molar-refractivity contribution in [1.82, 2.24) is 14.9 Å². The van der Waals surface area contributed by atoms with Gasteiger partial charge < -0.3 is 19.9 Å². The smallest absolute Gasteiger partial charge is 0.258 e. The van der Waals surface area contributed by atoms with Gasteiger partial charge in [0, 0.05) is 24.4 Å². The molecule has 8 nitrogen and oxygen atoms in total. The summed E-state index contributed by atoms with van der Waals surface area (Å²) in [4.78, 5) is 47.2. The van der Waals surface area contributed by atoms with E-state index in [-0.39, 0.29) is 23.9 Å². The number of rotatable bonds is 8. The first-order chi connectivity index (χ1) is 16.0. The topological polar surface area (TPSA) is 104 Å². The van der Waals surface area contributed by atoms with E-state index in [1.165, 1.54) is 0 Å². The van der Waals surface area contributed by atoms with Crippen LogP contribution in [0.1, 0.15) is 48.8 Å². The van der Waals surface area contributed by atoms with Crippen molar-refractivity contribution >= 4 is 28.4 Å². The number of para-hydroxylation sites is 1. The summed E-state index contributed by atoms with van der Waals surface area (Å²) in [6, 6.07) is 14.0. The van der Waals surface area contributed by atoms with Crippen LogP contribution in [0.2, 0.25) is 0 Å². The van der Waals surface area contributed by atoms with Gasteiger partial charge in [0.05, 0.1) is 17.4 Å². The fraction of sp³-hybridized carbons (Fsp3) is 0.360. The van der Waals surface area contributed by atoms with E-state index in [1.54, 1.807) is 47.4 Å². The first-order valence-electron chi connectivity index (χ1n) is 11.3. The van der Waals surface area contributed by atoms with Crippen LogP contribution in [-0.2, 0) is 16.1 Å². The number of unbranched alkanes of at least 4 members (excludes halogenated alkanes) is 1. The van der Waals surface area contributed by atoms with Crippen molar-refractivity contribution in [1.29, 1.82) is 0 Å². The Kier molecular flexibility index (Phi) is 7.14. The molecule has 8 heteroatoms. The summed E-state index contributed by atoms with van der Waals surface area (Å²) in [5.41, 5.74) is 1.38. The predicted molar refractivity (Wildman–Crippen MR) is 126 cm³/mol. The lowest BCUT2D eigenvalue weighted by Gasteiger charge is -2.22. The molecule has 1 unspecified atom stereocenters. The van der Waals surface area contributed by atoms with Gasteiger partial charge in [-0.05, 0) is 49.6 Å². The summed E-state index contributed by atoms with van der Waals surface area (Å²) >= 11 is 0. The van der Waals surface area contributed by atoms with E-state index in [2.05, 4.69) is 22.2 Å². The summed E-state index contributed by atoms with van der Waals surface area (Å²) in [5, 5.41) is 3.36. The molecule has 33 heavy (non-hydrogen) atoms. The number of anilines is 1. The third-order valence-corrected chi connectivity index (χ3v) is 5.67. The van der Waals surface area contributed by atoms with Crippen molar-refractivity contribution in [3.8, 4) is 0 Å². The molecule has 0 radical (unpaired) electrons. The molecule has 2 aromatic carbocycles. The zero-order chi connectivity index (χ0) is 23.2. The average Bonchev–Trinajstić information content (AvgIpc) is 3.37. The number of fused-ring (bicyclic) bond motifs is 1. The van der Waals surface area contributed by atoms with Crippen LogP contribution >= 0.6 is 0 Å². The molecule has 1 fully saturated rings. The molecular weight excluding hydrogens is 420 g/mol. The Morgan fingerprint density at radius 3 is 2.85 bits per heavy atom. The number of H-pyrrole nitrogens is 1. The first kappa shape index (κ1) is 22.7. The molecule has 1 aliphatic heterocycles. The first-order valence-corrected chi connectivity index (χ1v) is 11.3. The molecule has 2 N–H and O–H groups in total. The van der Waals surface area contributed by atoms with Crippen LogP contribution in [0.15, 0.2) is 53.3 Å². The summed E-state index contributed by atoms with van der Waals surface area (Å²) in [7, 11) is 0. The zero-order valence-electron chi connectivity index (χ0n) is 18.7. The number of hydrogen-bond donors (Lipinski definition) is 2. The van der Waals surface area contributed by atoms with Gasteiger partial charge in [0.15, 0.2) is 0 Å². The van der Waals surface area contributed by atoms with Gasteiger partial charge in [-0.25, -0.2) is 4.98 Å². The van der Waals surface area contributed by atoms with Gasteiger partial charge in [-0.15, -0.1) is 0 Å². The van der Waals surface area contributed by atoms with Gasteiger partial charge in [-0.2, -0.15) is 0 Å². The zero-order valence-corrected chi connectivity index (χ0v) is 18.7. The van der Waals surface area contributed by atoms with Crippen molar-refractivity contribution in [2.45, 2.75) is 45.3 Å². The number of hydrogen-bond acceptors (Lipinski definition) is 5. The predicted octanol–water partition coefficient (Wildman–Crippen LogP) is 3.48. The number of carbonyl (C=O) groups excluding carboxylic acids is 2. The monoisotopic (exact) mass is 448 g/mol. The molecule has 2 heterocycles. The summed E-state index contributed by atoms with van der Waals surface area (Å²) in [5.74, 6) is 0.0522. The van der Waals surface area contributed by atoms with Crippen molar-refractivity contribution < 1.29 is 14.3 Å². The SMILES string of the molecule is CCCCN(Cc1nc2ccccc2c(=O)[nH]1)C(=O)c1cccc(NC(=O)C2CCCO2)c1. The number of nitrogens with zero attached hydrogens (tertiary/aromatic N) is 2. The molecule has 172 valence electrons. The third kappa shape index (κ3) is 5.46. The molecule has 1 aliphatic rings. The van der Waals surface area contributed by atoms with Gasteiger partial charge >= 0.3 is 0 Å². The molecule has 0 saturated carbocycles. The van der Waals surface area contributed by atoms with Crippen molar-refractivity contribution in [3.05, 3.63) is 70.3 Å². The Labute approximate surface area is 192 Å². The van der Waals surface area contributed by atoms with Crippen LogP contribution < -0.4 is 10.9 Å². The normalized spacial score (nSPS) is 15.5. The maximum Gasteiger partial charge on any atom is 0.258 e. The molecule has 0 aliphatic carbocycles. The van der Waals surface area contributed by atoms with Crippen LogP contribution in [0.5, 0.6) is 0 Å². The minimum absolute atomic E-state index is 0.186. The van der Waals surface area contributed by atoms with Crippen molar-refractivity contribution in [2.24, 2.45) is 0 Å². The van der Waals surface area contributed by atoms with E-state index in [4.69, 9.17) is 4.74 Å². The maximum atomic E-state index is 13.4. The van der Waals surface area contributed by atoms with E-state index >= 15 is 0 Å². The second-order valence-electron chi connectivity index (χ2n) is 8.18. The summed E-state index contributed by atoms with van der Waals surface area (Å²) < 4.78 is 5.43. The van der Waals surface area contributed by atoms with Crippen molar-refractivity contribution in [3.63, 3.8) is 0 Å². The van der Waals surface area contributed by atoms with Gasteiger partial charge in [0.25, 0.3) is 17.4 Å². The average molecular weight is 449 g/mol. The van der Waals surface area contributed by atoms with Gasteiger partial charge in [0.1, 0.15) is 11.9 Å². The molecule has 1 aromatic heterocycles. The summed E-state index contributed by atoms with van der Waals surface area (Å²) in [6.07, 6.45) is 2.86. The van der Waals surface area contributed by atoms with Gasteiger partial charge in [-0.1, -0.05) is 31.5 Å². The van der Waals surface area contributed by atoms with Crippen LogP contribution in [0.25, 0.3) is 10.9 Å². The number of aromatic amines is 1. The minimum atomic E-state index is -0.443. The molecule has 3 aromatic rings. The highest BCUT2D eigenvalue weighted by atomic mass is 16.5. The molecule has 0 spiro atoms. The van der Waals surface area contributed by atoms with Crippen LogP contribution in [0.3, 0.4) is 0 Å². The van der Waals surface area contributed by atoms with Crippen LogP contribution in [0, 0.1) is 0 Å². The van der Waals surface area contributed by atoms with Gasteiger partial charge in [0.2, 0.25) is 0 Å². The van der Waals surface area contributed by atoms with Crippen LogP contribution in [-0.4, -0.2) is 45.9 Å². The Bertz CT molecular complexity index is 1200. The number of amides is 2. The lowest BCUT2D eigenvalue weighted by Crippen LogP contribution is -2.33. The summed E-state index contributed by atoms with van der Waals surface area (Å²) in [6.45, 7) is 3.36. The van der Waals surface area contributed by atoms with E-state index in [9.17, 15) is 14.4 Å². The fourth-order valence-corrected chi connectivity index (χ4v) is 3.91. The highest BCUT2D eigenvalue weighted by Gasteiger charge is 2.24. The second kappa shape index (κ2) is 10.4. The van der Waals surface area contributed by atoms with E-state index in [1.807, 2.05) is 6.07 Å². The Hall–Kier alpha value is -3.52. The van der Waals surface area contributed by atoms with E-state index in [0.29, 0.717) is 47.6 Å². The number of nitrogens with one attached hydrogen (secondary N) is 2. The van der Waals surface area contributed by atoms with E-state index in [0.717, 1.165) is 19.3 Å². The number of benzene rings is 2. The molecule has 4 rings (SSSR count). The van der Waals surface area contributed by atoms with Gasteiger partial charge in [-0.3, -0.25) is 14.4 Å². The Morgan fingerprint density at radius 2 is 2.06 bits per heavy atom. The quantitative estimate of drug-likeness (QED) is 0.549. The van der Waals surface area contributed by atoms with Crippen LogP contribution in [0.4, 0.5) is 5.69 Å². The molecule has 0 bridgehead atoms. The molecule has 1 atom stereocenters. The minimum Gasteiger partial charge on any atom is -0.368 e. The largest absolute Gasteiger partial charge is 0.368 e. The standard InChI is InChI=1S/C25H28N4O4/c1-2-3-13-29(16-22-27-20-11-5-4-10-19(20)23(30)28-22)25(32)17-8-6-9-18(15-17)26-24(31)21-12-7-14-33-21/h4-6,8-11,15,21H,2-3,7,12-14,16H2,1H3,(H,26,31)(H,27,28,30). The Morgan fingerprint density at radius 1 is 1.21 bits per heavy atom.